The quantitative estimate of drug-likeness (QED) is 0.468. The van der Waals surface area contributed by atoms with Crippen LogP contribution in [0.2, 0.25) is 0 Å². The average molecular weight is 548 g/mol. The van der Waals surface area contributed by atoms with E-state index < -0.39 is 0 Å². The lowest BCUT2D eigenvalue weighted by Gasteiger charge is -2.10. The van der Waals surface area contributed by atoms with Crippen LogP contribution in [-0.4, -0.2) is 35.9 Å². The van der Waals surface area contributed by atoms with Crippen molar-refractivity contribution in [1.29, 1.82) is 0 Å². The number of carbonyl (C=O) groups excluding carboxylic acids is 1. The summed E-state index contributed by atoms with van der Waals surface area (Å²) in [5.74, 6) is 0.677. The van der Waals surface area contributed by atoms with Gasteiger partial charge in [0, 0.05) is 23.8 Å². The largest absolute Gasteiger partial charge is 0.497 e. The van der Waals surface area contributed by atoms with Gasteiger partial charge in [0.2, 0.25) is 5.91 Å². The minimum absolute atomic E-state index is 0.113. The summed E-state index contributed by atoms with van der Waals surface area (Å²) in [7, 11) is 1.66. The molecule has 0 fully saturated rings. The molecule has 202 valence electrons. The van der Waals surface area contributed by atoms with Gasteiger partial charge in [-0.15, -0.1) is 0 Å². The minimum atomic E-state index is -0.113. The topological polar surface area (TPSA) is 87.8 Å². The van der Waals surface area contributed by atoms with Crippen LogP contribution in [0.5, 0.6) is 5.75 Å². The molecule has 0 aromatic heterocycles. The second kappa shape index (κ2) is 10.4. The number of carbonyl (C=O) groups is 1. The van der Waals surface area contributed by atoms with E-state index in [-0.39, 0.29) is 5.91 Å². The second-order valence-corrected chi connectivity index (χ2v) is 10.0. The molecule has 1 N–H and O–H groups in total. The van der Waals surface area contributed by atoms with Crippen LogP contribution in [-0.2, 0) is 4.79 Å². The first-order valence-electron chi connectivity index (χ1n) is 13.5. The zero-order chi connectivity index (χ0) is 28.6. The Morgan fingerprint density at radius 3 is 1.60 bits per heavy atom. The maximum Gasteiger partial charge on any atom is 0.221 e. The summed E-state index contributed by atoms with van der Waals surface area (Å²) < 4.78 is 5.37. The van der Waals surface area contributed by atoms with E-state index in [0.29, 0.717) is 0 Å². The number of allylic oxidation sites excluding steroid dienone is 12. The average Bonchev–Trinajstić information content (AvgIpc) is 3.81. The molecule has 0 aliphatic carbocycles. The molecule has 5 aliphatic heterocycles. The molecule has 7 nitrogen and oxygen atoms in total. The van der Waals surface area contributed by atoms with E-state index in [2.05, 4.69) is 5.32 Å². The maximum atomic E-state index is 11.5. The number of fused-ring (bicyclic) bond motifs is 4. The standard InChI is InChI=1S/C35H25N5O2/c1-21(41)36-24-7-3-22(4-8-24)34-30-15-9-25(37-30)19-27-11-17-32(39-27)35(23-5-13-29(42-2)14-6-23)33-18-12-28(40-33)20-26-10-16-31(34)38-26/h3-20H,1-2H3,(H,36,41). The van der Waals surface area contributed by atoms with Crippen molar-refractivity contribution in [3.05, 3.63) is 143 Å². The number of hydrogen-bond donors (Lipinski definition) is 1. The Morgan fingerprint density at radius 2 is 1.12 bits per heavy atom. The van der Waals surface area contributed by atoms with E-state index in [1.165, 1.54) is 6.92 Å². The molecule has 2 aromatic rings. The Morgan fingerprint density at radius 1 is 0.619 bits per heavy atom. The number of benzene rings is 2. The van der Waals surface area contributed by atoms with Crippen LogP contribution in [0.1, 0.15) is 18.1 Å². The molecule has 0 atom stereocenters. The van der Waals surface area contributed by atoms with E-state index in [1.807, 2.05) is 109 Å². The minimum Gasteiger partial charge on any atom is -0.497 e. The molecule has 5 heterocycles. The van der Waals surface area contributed by atoms with Gasteiger partial charge in [-0.3, -0.25) is 4.79 Å². The molecule has 0 spiro atoms. The predicted molar refractivity (Wildman–Crippen MR) is 170 cm³/mol. The third kappa shape index (κ3) is 4.88. The first-order chi connectivity index (χ1) is 20.5. The third-order valence-electron chi connectivity index (χ3n) is 7.13. The van der Waals surface area contributed by atoms with Gasteiger partial charge >= 0.3 is 0 Å². The van der Waals surface area contributed by atoms with Crippen molar-refractivity contribution in [3.63, 3.8) is 0 Å². The molecule has 1 amide bonds. The molecule has 42 heavy (non-hydrogen) atoms. The fourth-order valence-electron chi connectivity index (χ4n) is 5.23. The van der Waals surface area contributed by atoms with Crippen molar-refractivity contribution in [1.82, 2.24) is 0 Å². The molecule has 0 saturated heterocycles. The van der Waals surface area contributed by atoms with Crippen LogP contribution >= 0.6 is 0 Å². The Balaban J connectivity index is 1.37. The van der Waals surface area contributed by atoms with E-state index in [4.69, 9.17) is 24.7 Å². The van der Waals surface area contributed by atoms with Crippen LogP contribution in [0.15, 0.2) is 152 Å². The van der Waals surface area contributed by atoms with Crippen molar-refractivity contribution in [2.45, 2.75) is 6.92 Å². The van der Waals surface area contributed by atoms with Crippen molar-refractivity contribution in [3.8, 4) is 5.75 Å². The molecule has 5 aliphatic rings. The zero-order valence-electron chi connectivity index (χ0n) is 23.0. The monoisotopic (exact) mass is 547 g/mol. The Bertz CT molecular complexity index is 1920. The Hall–Kier alpha value is -5.69. The number of nitrogens with zero attached hydrogens (tertiary/aromatic N) is 4. The number of ether oxygens (including phenoxy) is 1. The van der Waals surface area contributed by atoms with Gasteiger partial charge in [-0.1, -0.05) is 24.3 Å². The van der Waals surface area contributed by atoms with Crippen LogP contribution in [0.25, 0.3) is 11.1 Å². The van der Waals surface area contributed by atoms with Crippen molar-refractivity contribution in [2.24, 2.45) is 20.0 Å². The van der Waals surface area contributed by atoms with Gasteiger partial charge in [0.15, 0.2) is 0 Å². The highest BCUT2D eigenvalue weighted by atomic mass is 16.5. The van der Waals surface area contributed by atoms with E-state index in [0.717, 1.165) is 79.3 Å². The SMILES string of the molecule is COc1ccc(C2=C3C=CC(=N3)C=C3C=CC(=N3)C(c3ccc(NC(C)=O)cc3)=C3C=CC(=N3)C=C3C=CC2=N3)cc1. The Kier molecular flexibility index (Phi) is 6.24. The lowest BCUT2D eigenvalue weighted by atomic mass is 9.98. The summed E-state index contributed by atoms with van der Waals surface area (Å²) in [6.45, 7) is 1.50. The van der Waals surface area contributed by atoms with Gasteiger partial charge in [0.1, 0.15) is 5.75 Å². The summed E-state index contributed by atoms with van der Waals surface area (Å²) in [6, 6.07) is 15.7. The number of amides is 1. The molecule has 0 radical (unpaired) electrons. The predicted octanol–water partition coefficient (Wildman–Crippen LogP) is 6.60. The molecule has 0 saturated carbocycles. The first kappa shape index (κ1) is 25.3. The van der Waals surface area contributed by atoms with Crippen LogP contribution in [0.4, 0.5) is 5.69 Å². The van der Waals surface area contributed by atoms with Gasteiger partial charge in [-0.05, 0) is 96.2 Å². The second-order valence-electron chi connectivity index (χ2n) is 10.0. The first-order valence-corrected chi connectivity index (χ1v) is 13.5. The molecule has 0 unspecified atom stereocenters. The lowest BCUT2D eigenvalue weighted by Crippen LogP contribution is -2.06. The third-order valence-corrected chi connectivity index (χ3v) is 7.13. The summed E-state index contributed by atoms with van der Waals surface area (Å²) >= 11 is 0. The van der Waals surface area contributed by atoms with E-state index in [9.17, 15) is 4.79 Å². The van der Waals surface area contributed by atoms with Gasteiger partial charge in [-0.25, -0.2) is 20.0 Å². The molecule has 7 heteroatoms. The number of methoxy groups -OCH3 is 1. The molecule has 2 aromatic carbocycles. The summed E-state index contributed by atoms with van der Waals surface area (Å²) in [5, 5.41) is 2.83. The zero-order valence-corrected chi connectivity index (χ0v) is 23.0. The van der Waals surface area contributed by atoms with Crippen molar-refractivity contribution >= 4 is 45.6 Å². The Labute approximate surface area is 243 Å². The van der Waals surface area contributed by atoms with Gasteiger partial charge in [0.05, 0.1) is 52.7 Å². The number of rotatable bonds is 4. The fraction of sp³-hybridized carbons (Fsp3) is 0.0571. The molecule has 7 rings (SSSR count). The molecular weight excluding hydrogens is 522 g/mol. The number of hydrogen-bond acceptors (Lipinski definition) is 6. The lowest BCUT2D eigenvalue weighted by molar-refractivity contribution is -0.114. The van der Waals surface area contributed by atoms with Crippen LogP contribution in [0.3, 0.4) is 0 Å². The smallest absolute Gasteiger partial charge is 0.221 e. The molecular formula is C35H25N5O2. The molecule has 8 bridgehead atoms. The summed E-state index contributed by atoms with van der Waals surface area (Å²) in [5.41, 5.74) is 11.0. The van der Waals surface area contributed by atoms with Gasteiger partial charge in [0.25, 0.3) is 0 Å². The van der Waals surface area contributed by atoms with Crippen LogP contribution < -0.4 is 10.1 Å². The van der Waals surface area contributed by atoms with Gasteiger partial charge < -0.3 is 10.1 Å². The number of anilines is 1. The highest BCUT2D eigenvalue weighted by molar-refractivity contribution is 6.34. The number of aliphatic imine (C=N–C) groups is 4. The maximum absolute atomic E-state index is 11.5. The highest BCUT2D eigenvalue weighted by Gasteiger charge is 2.22. The fourth-order valence-corrected chi connectivity index (χ4v) is 5.23. The van der Waals surface area contributed by atoms with Crippen LogP contribution in [0, 0.1) is 0 Å². The normalized spacial score (nSPS) is 18.1. The summed E-state index contributed by atoms with van der Waals surface area (Å²) in [4.78, 5) is 31.4. The highest BCUT2D eigenvalue weighted by Crippen LogP contribution is 2.33. The van der Waals surface area contributed by atoms with Crippen molar-refractivity contribution < 1.29 is 9.53 Å². The van der Waals surface area contributed by atoms with Gasteiger partial charge in [-0.2, -0.15) is 0 Å². The van der Waals surface area contributed by atoms with E-state index in [1.54, 1.807) is 7.11 Å². The summed E-state index contributed by atoms with van der Waals surface area (Å²) in [6.07, 6.45) is 20.0. The number of nitrogens with one attached hydrogen (secondary N) is 1. The van der Waals surface area contributed by atoms with E-state index >= 15 is 0 Å². The van der Waals surface area contributed by atoms with Crippen molar-refractivity contribution in [2.75, 3.05) is 12.4 Å².